The molecule has 1 N–H and O–H groups in total. The second kappa shape index (κ2) is 4.72. The van der Waals surface area contributed by atoms with Gasteiger partial charge in [0.1, 0.15) is 0 Å². The standard InChI is InChI=1S/C16H16N4/c1-3-12(9-17-7-1)13-5-6-15-16(14-4-2-8-18-14)19-11-20(15)10-13/h1,3,5-7,9-11,14,18H,2,4,8H2. The predicted octanol–water partition coefficient (Wildman–Crippen LogP) is 2.82. The lowest BCUT2D eigenvalue weighted by atomic mass is 10.1. The van der Waals surface area contributed by atoms with Crippen molar-refractivity contribution < 1.29 is 0 Å². The molecule has 3 aromatic heterocycles. The minimum atomic E-state index is 0.407. The van der Waals surface area contributed by atoms with E-state index >= 15 is 0 Å². The quantitative estimate of drug-likeness (QED) is 0.774. The third kappa shape index (κ3) is 1.89. The normalized spacial score (nSPS) is 18.7. The van der Waals surface area contributed by atoms with Gasteiger partial charge in [-0.3, -0.25) is 4.98 Å². The number of aromatic nitrogens is 3. The fraction of sp³-hybridized carbons (Fsp3) is 0.250. The van der Waals surface area contributed by atoms with Gasteiger partial charge < -0.3 is 9.72 Å². The molecule has 0 aromatic carbocycles. The molecule has 1 unspecified atom stereocenters. The molecule has 1 aliphatic heterocycles. The van der Waals surface area contributed by atoms with Gasteiger partial charge in [0.25, 0.3) is 0 Å². The summed E-state index contributed by atoms with van der Waals surface area (Å²) >= 11 is 0. The summed E-state index contributed by atoms with van der Waals surface area (Å²) in [4.78, 5) is 8.77. The SMILES string of the molecule is c1cncc(-c2ccc3c(C4CCCN4)ncn3c2)c1. The molecule has 100 valence electrons. The topological polar surface area (TPSA) is 42.2 Å². The van der Waals surface area contributed by atoms with E-state index in [4.69, 9.17) is 0 Å². The smallest absolute Gasteiger partial charge is 0.0996 e. The highest BCUT2D eigenvalue weighted by molar-refractivity contribution is 5.66. The van der Waals surface area contributed by atoms with Crippen molar-refractivity contribution in [3.63, 3.8) is 0 Å². The summed E-state index contributed by atoms with van der Waals surface area (Å²) in [7, 11) is 0. The number of hydrogen-bond donors (Lipinski definition) is 1. The Labute approximate surface area is 117 Å². The van der Waals surface area contributed by atoms with Gasteiger partial charge in [-0.15, -0.1) is 0 Å². The van der Waals surface area contributed by atoms with Crippen molar-refractivity contribution in [2.75, 3.05) is 6.54 Å². The maximum Gasteiger partial charge on any atom is 0.0996 e. The lowest BCUT2D eigenvalue weighted by molar-refractivity contribution is 0.636. The number of fused-ring (bicyclic) bond motifs is 1. The molecule has 0 spiro atoms. The molecular formula is C16H16N4. The van der Waals surface area contributed by atoms with Crippen LogP contribution in [0.25, 0.3) is 16.6 Å². The molecule has 1 atom stereocenters. The van der Waals surface area contributed by atoms with Gasteiger partial charge in [-0.2, -0.15) is 0 Å². The van der Waals surface area contributed by atoms with Crippen LogP contribution in [0.4, 0.5) is 0 Å². The van der Waals surface area contributed by atoms with Gasteiger partial charge in [-0.25, -0.2) is 4.98 Å². The fourth-order valence-electron chi connectivity index (χ4n) is 2.91. The van der Waals surface area contributed by atoms with E-state index in [1.165, 1.54) is 24.1 Å². The molecule has 20 heavy (non-hydrogen) atoms. The van der Waals surface area contributed by atoms with Crippen molar-refractivity contribution in [2.24, 2.45) is 0 Å². The molecule has 0 saturated carbocycles. The largest absolute Gasteiger partial charge is 0.309 e. The summed E-state index contributed by atoms with van der Waals surface area (Å²) in [6, 6.07) is 8.74. The number of nitrogens with one attached hydrogen (secondary N) is 1. The van der Waals surface area contributed by atoms with Gasteiger partial charge in [0.2, 0.25) is 0 Å². The Morgan fingerprint density at radius 2 is 2.20 bits per heavy atom. The number of hydrogen-bond acceptors (Lipinski definition) is 3. The highest BCUT2D eigenvalue weighted by atomic mass is 15.0. The lowest BCUT2D eigenvalue weighted by Gasteiger charge is -2.08. The van der Waals surface area contributed by atoms with Crippen LogP contribution in [-0.2, 0) is 0 Å². The molecule has 3 aromatic rings. The van der Waals surface area contributed by atoms with Gasteiger partial charge in [0.05, 0.1) is 23.6 Å². The Kier molecular flexibility index (Phi) is 2.74. The van der Waals surface area contributed by atoms with E-state index in [2.05, 4.69) is 44.1 Å². The first-order valence-electron chi connectivity index (χ1n) is 7.02. The van der Waals surface area contributed by atoms with Crippen molar-refractivity contribution in [1.29, 1.82) is 0 Å². The third-order valence-corrected chi connectivity index (χ3v) is 3.95. The van der Waals surface area contributed by atoms with Gasteiger partial charge in [0.15, 0.2) is 0 Å². The van der Waals surface area contributed by atoms with Gasteiger partial charge in [-0.05, 0) is 37.1 Å². The van der Waals surface area contributed by atoms with E-state index < -0.39 is 0 Å². The van der Waals surface area contributed by atoms with E-state index in [1.807, 2.05) is 18.6 Å². The van der Waals surface area contributed by atoms with Gasteiger partial charge >= 0.3 is 0 Å². The van der Waals surface area contributed by atoms with Crippen LogP contribution in [0, 0.1) is 0 Å². The number of pyridine rings is 2. The zero-order chi connectivity index (χ0) is 13.4. The van der Waals surface area contributed by atoms with Crippen molar-refractivity contribution in [3.05, 3.63) is 54.9 Å². The van der Waals surface area contributed by atoms with Crippen LogP contribution in [0.2, 0.25) is 0 Å². The monoisotopic (exact) mass is 264 g/mol. The van der Waals surface area contributed by atoms with Crippen LogP contribution in [0.15, 0.2) is 49.2 Å². The molecular weight excluding hydrogens is 248 g/mol. The van der Waals surface area contributed by atoms with Crippen molar-refractivity contribution >= 4 is 5.52 Å². The number of rotatable bonds is 2. The zero-order valence-corrected chi connectivity index (χ0v) is 11.2. The van der Waals surface area contributed by atoms with Crippen LogP contribution in [0.5, 0.6) is 0 Å². The molecule has 4 rings (SSSR count). The number of nitrogens with zero attached hydrogens (tertiary/aromatic N) is 3. The van der Waals surface area contributed by atoms with Crippen molar-refractivity contribution in [2.45, 2.75) is 18.9 Å². The molecule has 4 nitrogen and oxygen atoms in total. The molecule has 0 bridgehead atoms. The van der Waals surface area contributed by atoms with Crippen LogP contribution in [0.3, 0.4) is 0 Å². The highest BCUT2D eigenvalue weighted by Crippen LogP contribution is 2.27. The van der Waals surface area contributed by atoms with E-state index in [1.54, 1.807) is 6.20 Å². The highest BCUT2D eigenvalue weighted by Gasteiger charge is 2.20. The average molecular weight is 264 g/mol. The first-order valence-corrected chi connectivity index (χ1v) is 7.02. The maximum absolute atomic E-state index is 4.60. The van der Waals surface area contributed by atoms with Gasteiger partial charge in [-0.1, -0.05) is 12.1 Å². The molecule has 1 fully saturated rings. The molecule has 4 heterocycles. The van der Waals surface area contributed by atoms with Crippen LogP contribution in [-0.4, -0.2) is 20.9 Å². The molecule has 1 aliphatic rings. The lowest BCUT2D eigenvalue weighted by Crippen LogP contribution is -2.13. The minimum Gasteiger partial charge on any atom is -0.309 e. The van der Waals surface area contributed by atoms with Gasteiger partial charge in [0, 0.05) is 24.2 Å². The first kappa shape index (κ1) is 11.6. The van der Waals surface area contributed by atoms with Crippen LogP contribution in [0.1, 0.15) is 24.6 Å². The van der Waals surface area contributed by atoms with Crippen molar-refractivity contribution in [1.82, 2.24) is 19.7 Å². The molecule has 4 heteroatoms. The van der Waals surface area contributed by atoms with E-state index in [0.29, 0.717) is 6.04 Å². The molecule has 0 radical (unpaired) electrons. The Balaban J connectivity index is 1.78. The average Bonchev–Trinajstić information content (AvgIpc) is 3.16. The Morgan fingerprint density at radius 3 is 3.00 bits per heavy atom. The second-order valence-electron chi connectivity index (χ2n) is 5.23. The Bertz CT molecular complexity index is 727. The summed E-state index contributed by atoms with van der Waals surface area (Å²) in [6.07, 6.45) is 10.1. The summed E-state index contributed by atoms with van der Waals surface area (Å²) in [5.74, 6) is 0. The van der Waals surface area contributed by atoms with E-state index in [0.717, 1.165) is 17.7 Å². The molecule has 0 aliphatic carbocycles. The summed E-state index contributed by atoms with van der Waals surface area (Å²) in [6.45, 7) is 1.09. The van der Waals surface area contributed by atoms with E-state index in [-0.39, 0.29) is 0 Å². The zero-order valence-electron chi connectivity index (χ0n) is 11.2. The molecule has 0 amide bonds. The Hall–Kier alpha value is -2.20. The Morgan fingerprint density at radius 1 is 1.20 bits per heavy atom. The predicted molar refractivity (Wildman–Crippen MR) is 78.4 cm³/mol. The maximum atomic E-state index is 4.60. The molecule has 1 saturated heterocycles. The number of imidazole rings is 1. The summed E-state index contributed by atoms with van der Waals surface area (Å²) in [5.41, 5.74) is 4.65. The van der Waals surface area contributed by atoms with E-state index in [9.17, 15) is 0 Å². The van der Waals surface area contributed by atoms with Crippen LogP contribution < -0.4 is 5.32 Å². The van der Waals surface area contributed by atoms with Crippen molar-refractivity contribution in [3.8, 4) is 11.1 Å². The summed E-state index contributed by atoms with van der Waals surface area (Å²) < 4.78 is 2.11. The second-order valence-corrected chi connectivity index (χ2v) is 5.23. The minimum absolute atomic E-state index is 0.407. The third-order valence-electron chi connectivity index (χ3n) is 3.95. The summed E-state index contributed by atoms with van der Waals surface area (Å²) in [5, 5.41) is 3.51. The first-order chi connectivity index (χ1) is 9.92. The van der Waals surface area contributed by atoms with Crippen LogP contribution >= 0.6 is 0 Å². The fourth-order valence-corrected chi connectivity index (χ4v) is 2.91.